The van der Waals surface area contributed by atoms with Gasteiger partial charge in [-0.3, -0.25) is 0 Å². The average molecular weight is 673 g/mol. The largest absolute Gasteiger partial charge is 0.497 e. The molecule has 0 bridgehead atoms. The van der Waals surface area contributed by atoms with Gasteiger partial charge in [-0.1, -0.05) is 12.1 Å². The third-order valence-corrected chi connectivity index (χ3v) is 7.61. The maximum atomic E-state index is 11.8. The van der Waals surface area contributed by atoms with Gasteiger partial charge >= 0.3 is 83.2 Å². The zero-order valence-corrected chi connectivity index (χ0v) is 26.4. The molecule has 0 saturated carbocycles. The first-order chi connectivity index (χ1) is 19.8. The Bertz CT molecular complexity index is 1230. The third kappa shape index (κ3) is 10.5. The van der Waals surface area contributed by atoms with E-state index in [2.05, 4.69) is 15.1 Å². The molecular weight excluding hydrogens is 637 g/mol. The first kappa shape index (κ1) is 32.2. The SMILES string of the molecule is CCCCCC[O][Sb](=[O])([O-])[F].COc1ccc(-c2cc(-c3ccc(OC)cc3)[o+]c(-c3ccc(OC)cc3)c2)cc1. The normalized spacial score (nSPS) is 12.0. The van der Waals surface area contributed by atoms with Crippen LogP contribution in [0.5, 0.6) is 17.2 Å². The maximum absolute atomic E-state index is 11.8. The van der Waals surface area contributed by atoms with Gasteiger partial charge in [-0.25, -0.2) is 4.42 Å². The predicted octanol–water partition coefficient (Wildman–Crippen LogP) is 7.37. The van der Waals surface area contributed by atoms with Crippen molar-refractivity contribution in [3.05, 3.63) is 84.9 Å². The first-order valence-electron chi connectivity index (χ1n) is 13.3. The quantitative estimate of drug-likeness (QED) is 0.0882. The minimum atomic E-state index is -5.77. The summed E-state index contributed by atoms with van der Waals surface area (Å²) in [4.78, 5) is 0. The van der Waals surface area contributed by atoms with E-state index in [1.165, 1.54) is 0 Å². The monoisotopic (exact) mass is 672 g/mol. The van der Waals surface area contributed by atoms with Crippen LogP contribution >= 0.6 is 0 Å². The predicted molar refractivity (Wildman–Crippen MR) is 157 cm³/mol. The van der Waals surface area contributed by atoms with Gasteiger partial charge in [0, 0.05) is 5.56 Å². The van der Waals surface area contributed by atoms with Crippen molar-refractivity contribution in [2.75, 3.05) is 27.9 Å². The third-order valence-electron chi connectivity index (χ3n) is 6.21. The zero-order chi connectivity index (χ0) is 29.7. The van der Waals surface area contributed by atoms with Crippen LogP contribution in [0.4, 0.5) is 2.81 Å². The van der Waals surface area contributed by atoms with Gasteiger partial charge in [0.05, 0.1) is 44.6 Å². The number of unbranched alkanes of at least 4 members (excludes halogenated alkanes) is 3. The van der Waals surface area contributed by atoms with Crippen molar-refractivity contribution in [2.45, 2.75) is 32.6 Å². The number of benzene rings is 3. The number of hydrogen-bond donors (Lipinski definition) is 0. The second kappa shape index (κ2) is 16.2. The molecular formula is C32H36FO7Sb. The van der Waals surface area contributed by atoms with Crippen LogP contribution < -0.4 is 17.6 Å². The first-order valence-corrected chi connectivity index (χ1v) is 17.4. The molecule has 4 aromatic rings. The topological polar surface area (TPSA) is 88.4 Å². The molecule has 0 spiro atoms. The van der Waals surface area contributed by atoms with Crippen molar-refractivity contribution in [2.24, 2.45) is 0 Å². The minimum absolute atomic E-state index is 0.00903. The molecule has 0 aliphatic carbocycles. The van der Waals surface area contributed by atoms with Gasteiger partial charge in [0.25, 0.3) is 0 Å². The Morgan fingerprint density at radius 1 is 0.659 bits per heavy atom. The Labute approximate surface area is 246 Å². The summed E-state index contributed by atoms with van der Waals surface area (Å²) in [5.41, 5.74) is 4.08. The summed E-state index contributed by atoms with van der Waals surface area (Å²) >= 11 is -5.77. The van der Waals surface area contributed by atoms with E-state index in [9.17, 15) is 9.22 Å². The summed E-state index contributed by atoms with van der Waals surface area (Å²) in [5, 5.41) is 0. The minimum Gasteiger partial charge on any atom is -0.497 e. The fourth-order valence-electron chi connectivity index (χ4n) is 3.95. The van der Waals surface area contributed by atoms with Gasteiger partial charge in [0.1, 0.15) is 17.2 Å². The molecule has 0 fully saturated rings. The summed E-state index contributed by atoms with van der Waals surface area (Å²) in [6.45, 7) is 2.05. The summed E-state index contributed by atoms with van der Waals surface area (Å²) in [6.07, 6.45) is 3.63. The molecule has 1 unspecified atom stereocenters. The van der Waals surface area contributed by atoms with E-state index in [4.69, 9.17) is 18.6 Å². The van der Waals surface area contributed by atoms with Gasteiger partial charge in [-0.2, -0.15) is 0 Å². The zero-order valence-electron chi connectivity index (χ0n) is 23.8. The number of rotatable bonds is 12. The van der Waals surface area contributed by atoms with Crippen molar-refractivity contribution >= 4 is 20.2 Å². The van der Waals surface area contributed by atoms with E-state index in [0.29, 0.717) is 6.42 Å². The van der Waals surface area contributed by atoms with Gasteiger partial charge in [0.15, 0.2) is 0 Å². The smallest absolute Gasteiger partial charge is 0.361 e. The van der Waals surface area contributed by atoms with Crippen molar-refractivity contribution < 1.29 is 30.9 Å². The van der Waals surface area contributed by atoms with Crippen LogP contribution in [-0.2, 0) is 6.03 Å². The fraction of sp³-hybridized carbons (Fsp3) is 0.281. The van der Waals surface area contributed by atoms with Crippen LogP contribution in [-0.4, -0.2) is 48.2 Å². The van der Waals surface area contributed by atoms with Crippen molar-refractivity contribution in [3.8, 4) is 51.0 Å². The van der Waals surface area contributed by atoms with Crippen molar-refractivity contribution in [1.82, 2.24) is 0 Å². The van der Waals surface area contributed by atoms with E-state index in [-0.39, 0.29) is 6.61 Å². The summed E-state index contributed by atoms with van der Waals surface area (Å²) in [7, 11) is 4.98. The Hall–Kier alpha value is -3.32. The van der Waals surface area contributed by atoms with E-state index < -0.39 is 20.2 Å². The molecule has 0 aliphatic heterocycles. The maximum Gasteiger partial charge on any atom is 0.361 e. The number of halogens is 1. The van der Waals surface area contributed by atoms with Crippen LogP contribution in [0.2, 0.25) is 0 Å². The Morgan fingerprint density at radius 3 is 1.44 bits per heavy atom. The Balaban J connectivity index is 0.000000358. The Morgan fingerprint density at radius 2 is 1.07 bits per heavy atom. The molecule has 0 aliphatic rings. The fourth-order valence-corrected chi connectivity index (χ4v) is 4.94. The van der Waals surface area contributed by atoms with Crippen LogP contribution in [0.1, 0.15) is 32.6 Å². The van der Waals surface area contributed by atoms with Crippen LogP contribution in [0.15, 0.2) is 89.3 Å². The molecule has 41 heavy (non-hydrogen) atoms. The molecule has 4 rings (SSSR count). The molecule has 7 nitrogen and oxygen atoms in total. The molecule has 0 saturated heterocycles. The van der Waals surface area contributed by atoms with Crippen LogP contribution in [0.25, 0.3) is 33.8 Å². The standard InChI is InChI=1S/C26H23O4.C6H13O.FH.2O.Sb/c1-27-22-10-4-18(5-11-22)21-16-25(19-6-12-23(28-2)13-7-19)30-26(17-21)20-8-14-24(29-3)15-9-20;1-2-3-4-5-6-7;;;;/h4-17H,1-3H3;2-6H2,1H3;1H;;;/q+1;-1;;;-1;+2/p-1. The molecule has 1 heterocycles. The van der Waals surface area contributed by atoms with Gasteiger partial charge < -0.3 is 14.2 Å². The van der Waals surface area contributed by atoms with Gasteiger partial charge in [-0.05, 0) is 66.2 Å². The molecule has 0 radical (unpaired) electrons. The molecule has 9 heteroatoms. The van der Waals surface area contributed by atoms with Gasteiger partial charge in [0.2, 0.25) is 0 Å². The van der Waals surface area contributed by atoms with E-state index in [1.807, 2.05) is 79.7 Å². The van der Waals surface area contributed by atoms with Crippen LogP contribution in [0.3, 0.4) is 0 Å². The van der Waals surface area contributed by atoms with Crippen molar-refractivity contribution in [3.63, 3.8) is 0 Å². The molecule has 3 aromatic carbocycles. The number of hydrogen-bond acceptors (Lipinski definition) is 6. The molecule has 218 valence electrons. The van der Waals surface area contributed by atoms with Crippen molar-refractivity contribution in [1.29, 1.82) is 0 Å². The molecule has 0 amide bonds. The van der Waals surface area contributed by atoms with Gasteiger partial charge in [-0.15, -0.1) is 0 Å². The second-order valence-corrected chi connectivity index (χ2v) is 12.3. The molecule has 1 atom stereocenters. The van der Waals surface area contributed by atoms with E-state index >= 15 is 0 Å². The Kier molecular flexibility index (Phi) is 12.7. The number of ether oxygens (including phenoxy) is 3. The molecule has 0 N–H and O–H groups in total. The van der Waals surface area contributed by atoms with Crippen LogP contribution in [0, 0.1) is 0 Å². The second-order valence-electron chi connectivity index (χ2n) is 9.08. The van der Waals surface area contributed by atoms with E-state index in [1.54, 1.807) is 21.3 Å². The summed E-state index contributed by atoms with van der Waals surface area (Å²) in [5.74, 6) is 3.99. The summed E-state index contributed by atoms with van der Waals surface area (Å²) < 4.78 is 57.7. The summed E-state index contributed by atoms with van der Waals surface area (Å²) in [6, 6.07) is 27.8. The molecule has 1 aromatic heterocycles. The average Bonchev–Trinajstić information content (AvgIpc) is 3.00. The van der Waals surface area contributed by atoms with E-state index in [0.717, 1.165) is 70.3 Å². The number of methoxy groups -OCH3 is 3.